The van der Waals surface area contributed by atoms with E-state index in [1.165, 1.54) is 7.11 Å². The summed E-state index contributed by atoms with van der Waals surface area (Å²) in [6.07, 6.45) is -2.89. The quantitative estimate of drug-likeness (QED) is 0.495. The molecule has 3 fully saturated rings. The first-order chi connectivity index (χ1) is 12.4. The largest absolute Gasteiger partial charge is 0.467 e. The number of nitrogens with one attached hydrogen (secondary N) is 1. The van der Waals surface area contributed by atoms with Gasteiger partial charge >= 0.3 is 5.97 Å². The number of amides is 1. The molecule has 0 aromatic carbocycles. The maximum atomic E-state index is 12.6. The van der Waals surface area contributed by atoms with Gasteiger partial charge in [-0.2, -0.15) is 0 Å². The van der Waals surface area contributed by atoms with E-state index in [4.69, 9.17) is 23.7 Å². The molecule has 0 aromatic rings. The van der Waals surface area contributed by atoms with Gasteiger partial charge in [-0.15, -0.1) is 0 Å². The fourth-order valence-corrected chi connectivity index (χ4v) is 4.11. The van der Waals surface area contributed by atoms with Gasteiger partial charge in [0.25, 0.3) is 0 Å². The van der Waals surface area contributed by atoms with E-state index in [1.54, 1.807) is 34.6 Å². The molecule has 0 aliphatic carbocycles. The van der Waals surface area contributed by atoms with Crippen LogP contribution in [0.1, 0.15) is 34.6 Å². The lowest BCUT2D eigenvalue weighted by atomic mass is 9.96. The van der Waals surface area contributed by atoms with Crippen molar-refractivity contribution in [3.05, 3.63) is 0 Å². The third-order valence-corrected chi connectivity index (χ3v) is 5.58. The van der Waals surface area contributed by atoms with Crippen molar-refractivity contribution in [1.29, 1.82) is 0 Å². The average molecular weight is 452 g/mol. The van der Waals surface area contributed by atoms with Gasteiger partial charge in [0.2, 0.25) is 5.91 Å². The lowest BCUT2D eigenvalue weighted by Gasteiger charge is -2.39. The standard InChI is InChI=1S/C17H26BrNO8/c1-7(14(21)22-6)19-13(20)8(18)9-10-11(25-16(2,3)24-10)12-15(23-9)27-17(4,5)26-12/h7-12,15H,1-6H3,(H,19,20)/t7-,8-,9-,10-,11+,12+,15-/m1/s1. The zero-order valence-electron chi connectivity index (χ0n) is 16.2. The predicted octanol–water partition coefficient (Wildman–Crippen LogP) is 0.824. The van der Waals surface area contributed by atoms with Gasteiger partial charge in [-0.25, -0.2) is 4.79 Å². The number of rotatable bonds is 4. The van der Waals surface area contributed by atoms with Crippen molar-refractivity contribution in [3.8, 4) is 0 Å². The fraction of sp³-hybridized carbons (Fsp3) is 0.882. The Morgan fingerprint density at radius 1 is 1.00 bits per heavy atom. The summed E-state index contributed by atoms with van der Waals surface area (Å²) in [5, 5.41) is 2.60. The Labute approximate surface area is 166 Å². The molecule has 154 valence electrons. The van der Waals surface area contributed by atoms with Gasteiger partial charge in [0.1, 0.15) is 35.3 Å². The van der Waals surface area contributed by atoms with E-state index in [2.05, 4.69) is 26.0 Å². The lowest BCUT2D eigenvalue weighted by Crippen LogP contribution is -2.60. The summed E-state index contributed by atoms with van der Waals surface area (Å²) in [4.78, 5) is 23.4. The third-order valence-electron chi connectivity index (χ3n) is 4.64. The highest BCUT2D eigenvalue weighted by Gasteiger charge is 2.62. The van der Waals surface area contributed by atoms with Gasteiger partial charge in [-0.3, -0.25) is 4.79 Å². The molecule has 0 radical (unpaired) electrons. The van der Waals surface area contributed by atoms with Crippen LogP contribution in [-0.4, -0.2) is 72.1 Å². The first-order valence-electron chi connectivity index (χ1n) is 8.83. The first kappa shape index (κ1) is 20.9. The van der Waals surface area contributed by atoms with Crippen LogP contribution in [0.5, 0.6) is 0 Å². The molecule has 3 heterocycles. The zero-order chi connectivity index (χ0) is 20.1. The van der Waals surface area contributed by atoms with Crippen molar-refractivity contribution in [2.45, 2.75) is 87.8 Å². The van der Waals surface area contributed by atoms with E-state index in [0.717, 1.165) is 0 Å². The summed E-state index contributed by atoms with van der Waals surface area (Å²) in [6, 6.07) is -0.795. The minimum absolute atomic E-state index is 0.429. The molecule has 3 aliphatic heterocycles. The predicted molar refractivity (Wildman–Crippen MR) is 94.9 cm³/mol. The van der Waals surface area contributed by atoms with Crippen LogP contribution in [0.25, 0.3) is 0 Å². The van der Waals surface area contributed by atoms with Crippen molar-refractivity contribution >= 4 is 27.8 Å². The van der Waals surface area contributed by atoms with Crippen LogP contribution in [0.4, 0.5) is 0 Å². The number of alkyl halides is 1. The number of hydrogen-bond donors (Lipinski definition) is 1. The van der Waals surface area contributed by atoms with Crippen LogP contribution in [-0.2, 0) is 38.0 Å². The second-order valence-corrected chi connectivity index (χ2v) is 8.78. The number of methoxy groups -OCH3 is 1. The number of hydrogen-bond acceptors (Lipinski definition) is 8. The normalized spacial score (nSPS) is 38.4. The summed E-state index contributed by atoms with van der Waals surface area (Å²) in [5.74, 6) is -2.67. The summed E-state index contributed by atoms with van der Waals surface area (Å²) < 4.78 is 34.4. The van der Waals surface area contributed by atoms with E-state index < -0.39 is 65.0 Å². The van der Waals surface area contributed by atoms with Crippen LogP contribution < -0.4 is 5.32 Å². The van der Waals surface area contributed by atoms with Gasteiger partial charge in [0.15, 0.2) is 17.9 Å². The Kier molecular flexibility index (Phi) is 5.61. The molecular formula is C17H26BrNO8. The molecule has 0 saturated carbocycles. The number of esters is 1. The molecule has 0 unspecified atom stereocenters. The van der Waals surface area contributed by atoms with Gasteiger partial charge < -0.3 is 33.7 Å². The maximum Gasteiger partial charge on any atom is 0.328 e. The Bertz CT molecular complexity index is 612. The highest BCUT2D eigenvalue weighted by atomic mass is 79.9. The van der Waals surface area contributed by atoms with Gasteiger partial charge in [-0.05, 0) is 34.6 Å². The molecule has 0 aromatic heterocycles. The average Bonchev–Trinajstić information content (AvgIpc) is 3.06. The molecule has 3 saturated heterocycles. The number of ether oxygens (including phenoxy) is 6. The van der Waals surface area contributed by atoms with Gasteiger partial charge in [0.05, 0.1) is 7.11 Å². The van der Waals surface area contributed by atoms with Crippen molar-refractivity contribution in [2.24, 2.45) is 0 Å². The summed E-state index contributed by atoms with van der Waals surface area (Å²) in [5.41, 5.74) is 0. The van der Waals surface area contributed by atoms with Crippen LogP contribution in [0, 0.1) is 0 Å². The van der Waals surface area contributed by atoms with Crippen LogP contribution in [0.3, 0.4) is 0 Å². The topological polar surface area (TPSA) is 102 Å². The highest BCUT2D eigenvalue weighted by Crippen LogP contribution is 2.45. The van der Waals surface area contributed by atoms with Crippen LogP contribution in [0.15, 0.2) is 0 Å². The Morgan fingerprint density at radius 2 is 1.56 bits per heavy atom. The summed E-state index contributed by atoms with van der Waals surface area (Å²) >= 11 is 3.38. The minimum atomic E-state index is -0.857. The van der Waals surface area contributed by atoms with E-state index in [1.807, 2.05) is 0 Å². The molecule has 7 atom stereocenters. The van der Waals surface area contributed by atoms with Crippen molar-refractivity contribution in [1.82, 2.24) is 5.32 Å². The molecule has 9 nitrogen and oxygen atoms in total. The second-order valence-electron chi connectivity index (χ2n) is 7.79. The molecule has 10 heteroatoms. The number of halogens is 1. The molecule has 0 bridgehead atoms. The van der Waals surface area contributed by atoms with Crippen molar-refractivity contribution < 1.29 is 38.0 Å². The second kappa shape index (κ2) is 7.23. The Balaban J connectivity index is 1.78. The molecule has 1 amide bonds. The van der Waals surface area contributed by atoms with Crippen molar-refractivity contribution in [3.63, 3.8) is 0 Å². The molecule has 0 spiro atoms. The Morgan fingerprint density at radius 3 is 2.19 bits per heavy atom. The van der Waals surface area contributed by atoms with Crippen LogP contribution >= 0.6 is 15.9 Å². The minimum Gasteiger partial charge on any atom is -0.467 e. The first-order valence-corrected chi connectivity index (χ1v) is 9.75. The summed E-state index contributed by atoms with van der Waals surface area (Å²) in [6.45, 7) is 8.70. The lowest BCUT2D eigenvalue weighted by molar-refractivity contribution is -0.232. The van der Waals surface area contributed by atoms with Crippen LogP contribution in [0.2, 0.25) is 0 Å². The van der Waals surface area contributed by atoms with Gasteiger partial charge in [0, 0.05) is 0 Å². The molecule has 1 N–H and O–H groups in total. The molecule has 27 heavy (non-hydrogen) atoms. The van der Waals surface area contributed by atoms with E-state index in [-0.39, 0.29) is 0 Å². The molecule has 3 aliphatic rings. The van der Waals surface area contributed by atoms with Gasteiger partial charge in [-0.1, -0.05) is 15.9 Å². The van der Waals surface area contributed by atoms with E-state index in [0.29, 0.717) is 0 Å². The van der Waals surface area contributed by atoms with E-state index >= 15 is 0 Å². The monoisotopic (exact) mass is 451 g/mol. The third kappa shape index (κ3) is 4.15. The number of carbonyl (C=O) groups is 2. The number of fused-ring (bicyclic) bond motifs is 3. The van der Waals surface area contributed by atoms with Crippen molar-refractivity contribution in [2.75, 3.05) is 7.11 Å². The highest BCUT2D eigenvalue weighted by molar-refractivity contribution is 9.10. The maximum absolute atomic E-state index is 12.6. The summed E-state index contributed by atoms with van der Waals surface area (Å²) in [7, 11) is 1.26. The fourth-order valence-electron chi connectivity index (χ4n) is 3.56. The molecule has 3 rings (SSSR count). The van der Waals surface area contributed by atoms with E-state index in [9.17, 15) is 9.59 Å². The number of carbonyl (C=O) groups excluding carboxylic acids is 2. The smallest absolute Gasteiger partial charge is 0.328 e. The zero-order valence-corrected chi connectivity index (χ0v) is 17.8. The molecular weight excluding hydrogens is 426 g/mol. The Hall–Kier alpha value is -0.780. The SMILES string of the molecule is COC(=O)[C@@H](C)NC(=O)[C@H](Br)[C@H]1O[C@@H]2OC(C)(C)O[C@H]2[C@H]2OC(C)(C)O[C@@H]21.